The number of nitrogens with zero attached hydrogens (tertiary/aromatic N) is 3. The Bertz CT molecular complexity index is 985. The summed E-state index contributed by atoms with van der Waals surface area (Å²) in [5.74, 6) is -0.170. The Morgan fingerprint density at radius 3 is 2.60 bits per heavy atom. The minimum absolute atomic E-state index is 0.170. The number of nitrogens with one attached hydrogen (secondary N) is 1. The first-order valence-electron chi connectivity index (χ1n) is 7.93. The zero-order valence-electron chi connectivity index (χ0n) is 14.1. The fourth-order valence-corrected chi connectivity index (χ4v) is 2.93. The van der Waals surface area contributed by atoms with Gasteiger partial charge in [0.15, 0.2) is 5.78 Å². The monoisotopic (exact) mass is 334 g/mol. The van der Waals surface area contributed by atoms with Crippen LogP contribution in [0.2, 0.25) is 0 Å². The van der Waals surface area contributed by atoms with Gasteiger partial charge in [-0.25, -0.2) is 4.68 Å². The number of carbonyl (C=O) groups excluding carboxylic acids is 1. The Morgan fingerprint density at radius 2 is 1.92 bits per heavy atom. The predicted octanol–water partition coefficient (Wildman–Crippen LogP) is 2.59. The van der Waals surface area contributed by atoms with Crippen LogP contribution >= 0.6 is 0 Å². The van der Waals surface area contributed by atoms with Crippen molar-refractivity contribution in [1.82, 2.24) is 9.36 Å². The molecule has 1 aromatic heterocycles. The number of benzene rings is 1. The summed E-state index contributed by atoms with van der Waals surface area (Å²) in [6.45, 7) is 1.85. The van der Waals surface area contributed by atoms with E-state index in [2.05, 4.69) is 11.4 Å². The smallest absolute Gasteiger partial charge is 0.295 e. The molecule has 0 saturated carbocycles. The van der Waals surface area contributed by atoms with Crippen LogP contribution in [0, 0.1) is 18.3 Å². The normalized spacial score (nSPS) is 13.9. The minimum atomic E-state index is -0.184. The van der Waals surface area contributed by atoms with E-state index in [4.69, 9.17) is 5.26 Å². The molecule has 25 heavy (non-hydrogen) atoms. The maximum absolute atomic E-state index is 12.9. The number of allylic oxidation sites excluding steroid dienone is 3. The van der Waals surface area contributed by atoms with Crippen LogP contribution in [0.3, 0.4) is 0 Å². The van der Waals surface area contributed by atoms with Crippen molar-refractivity contribution in [3.05, 3.63) is 69.8 Å². The van der Waals surface area contributed by atoms with Gasteiger partial charge in [-0.1, -0.05) is 18.2 Å². The van der Waals surface area contributed by atoms with Gasteiger partial charge < -0.3 is 5.32 Å². The van der Waals surface area contributed by atoms with Gasteiger partial charge in [-0.2, -0.15) is 5.26 Å². The lowest BCUT2D eigenvalue weighted by molar-refractivity contribution is -0.110. The molecular formula is C19H18N4O2. The van der Waals surface area contributed by atoms with Crippen LogP contribution in [0.15, 0.2) is 58.5 Å². The Labute approximate surface area is 145 Å². The fourth-order valence-electron chi connectivity index (χ4n) is 2.93. The molecule has 1 aliphatic carbocycles. The lowest BCUT2D eigenvalue weighted by Gasteiger charge is -2.14. The molecule has 6 heteroatoms. The number of hydrogen-bond acceptors (Lipinski definition) is 4. The van der Waals surface area contributed by atoms with Crippen LogP contribution in [0.25, 0.3) is 5.69 Å². The van der Waals surface area contributed by atoms with Crippen molar-refractivity contribution in [2.75, 3.05) is 5.32 Å². The molecule has 3 rings (SSSR count). The molecule has 0 unspecified atom stereocenters. The van der Waals surface area contributed by atoms with Gasteiger partial charge in [-0.15, -0.1) is 0 Å². The predicted molar refractivity (Wildman–Crippen MR) is 95.4 cm³/mol. The SMILES string of the molecule is Cc1c(NC2=CC(=O)C=C(CC#N)C2)c(=O)n(-c2ccccc2)n1C. The summed E-state index contributed by atoms with van der Waals surface area (Å²) in [5, 5.41) is 11.9. The molecule has 0 aliphatic heterocycles. The second kappa shape index (κ2) is 6.65. The highest BCUT2D eigenvalue weighted by Gasteiger charge is 2.19. The average Bonchev–Trinajstić information content (AvgIpc) is 2.79. The van der Waals surface area contributed by atoms with Gasteiger partial charge in [0.05, 0.1) is 23.9 Å². The standard InChI is InChI=1S/C19H18N4O2/c1-13-18(21-15-10-14(8-9-20)11-17(24)12-15)19(25)23(22(13)2)16-6-4-3-5-7-16/h3-7,11-12,21H,8,10H2,1-2H3. The first kappa shape index (κ1) is 16.5. The third-order valence-corrected chi connectivity index (χ3v) is 4.23. The lowest BCUT2D eigenvalue weighted by atomic mass is 10.00. The summed E-state index contributed by atoms with van der Waals surface area (Å²) in [4.78, 5) is 24.7. The van der Waals surface area contributed by atoms with Gasteiger partial charge >= 0.3 is 0 Å². The summed E-state index contributed by atoms with van der Waals surface area (Å²) >= 11 is 0. The maximum atomic E-state index is 12.9. The van der Waals surface area contributed by atoms with E-state index in [0.29, 0.717) is 17.8 Å². The van der Waals surface area contributed by atoms with Gasteiger partial charge in [0.2, 0.25) is 0 Å². The van der Waals surface area contributed by atoms with E-state index in [1.165, 1.54) is 12.2 Å². The maximum Gasteiger partial charge on any atom is 0.295 e. The number of para-hydroxylation sites is 1. The van der Waals surface area contributed by atoms with E-state index in [0.717, 1.165) is 17.0 Å². The number of anilines is 1. The molecule has 1 heterocycles. The van der Waals surface area contributed by atoms with E-state index in [-0.39, 0.29) is 17.8 Å². The summed E-state index contributed by atoms with van der Waals surface area (Å²) in [5.41, 5.74) is 3.15. The molecule has 0 amide bonds. The van der Waals surface area contributed by atoms with Gasteiger partial charge in [0, 0.05) is 25.2 Å². The first-order valence-corrected chi connectivity index (χ1v) is 7.93. The van der Waals surface area contributed by atoms with E-state index in [1.807, 2.05) is 44.3 Å². The number of rotatable bonds is 4. The molecule has 0 spiro atoms. The molecule has 1 aliphatic rings. The van der Waals surface area contributed by atoms with Crippen molar-refractivity contribution < 1.29 is 4.79 Å². The molecule has 0 saturated heterocycles. The van der Waals surface area contributed by atoms with Gasteiger partial charge in [0.25, 0.3) is 5.56 Å². The van der Waals surface area contributed by atoms with Crippen LogP contribution in [-0.2, 0) is 11.8 Å². The molecule has 0 bridgehead atoms. The fraction of sp³-hybridized carbons (Fsp3) is 0.211. The van der Waals surface area contributed by atoms with Crippen molar-refractivity contribution in [3.63, 3.8) is 0 Å². The zero-order chi connectivity index (χ0) is 18.0. The Morgan fingerprint density at radius 1 is 1.20 bits per heavy atom. The quantitative estimate of drug-likeness (QED) is 0.932. The summed E-state index contributed by atoms with van der Waals surface area (Å²) in [7, 11) is 1.82. The third-order valence-electron chi connectivity index (χ3n) is 4.23. The summed E-state index contributed by atoms with van der Waals surface area (Å²) in [6, 6.07) is 11.4. The van der Waals surface area contributed by atoms with Crippen LogP contribution in [0.4, 0.5) is 5.69 Å². The molecule has 0 fully saturated rings. The van der Waals surface area contributed by atoms with E-state index in [1.54, 1.807) is 9.36 Å². The van der Waals surface area contributed by atoms with Crippen LogP contribution in [0.5, 0.6) is 0 Å². The van der Waals surface area contributed by atoms with Crippen LogP contribution in [-0.4, -0.2) is 15.1 Å². The molecule has 1 aromatic carbocycles. The minimum Gasteiger partial charge on any atom is -0.352 e. The van der Waals surface area contributed by atoms with Gasteiger partial charge in [-0.05, 0) is 30.7 Å². The Balaban J connectivity index is 1.96. The third kappa shape index (κ3) is 3.17. The Hall–Kier alpha value is -3.33. The van der Waals surface area contributed by atoms with E-state index < -0.39 is 0 Å². The summed E-state index contributed by atoms with van der Waals surface area (Å²) < 4.78 is 3.35. The average molecular weight is 334 g/mol. The molecular weight excluding hydrogens is 316 g/mol. The topological polar surface area (TPSA) is 79.8 Å². The molecule has 126 valence electrons. The van der Waals surface area contributed by atoms with E-state index >= 15 is 0 Å². The van der Waals surface area contributed by atoms with Crippen molar-refractivity contribution in [3.8, 4) is 11.8 Å². The van der Waals surface area contributed by atoms with E-state index in [9.17, 15) is 9.59 Å². The Kier molecular flexibility index (Phi) is 4.40. The number of carbonyl (C=O) groups is 1. The van der Waals surface area contributed by atoms with Crippen LogP contribution < -0.4 is 10.9 Å². The molecule has 1 N–H and O–H groups in total. The summed E-state index contributed by atoms with van der Waals surface area (Å²) in [6.07, 6.45) is 3.61. The van der Waals surface area contributed by atoms with Gasteiger partial charge in [-0.3, -0.25) is 14.3 Å². The zero-order valence-corrected chi connectivity index (χ0v) is 14.1. The number of hydrogen-bond donors (Lipinski definition) is 1. The van der Waals surface area contributed by atoms with Gasteiger partial charge in [0.1, 0.15) is 5.69 Å². The van der Waals surface area contributed by atoms with Crippen molar-refractivity contribution in [1.29, 1.82) is 5.26 Å². The lowest BCUT2D eigenvalue weighted by Crippen LogP contribution is -2.21. The molecule has 2 aromatic rings. The number of nitriles is 1. The second-order valence-electron chi connectivity index (χ2n) is 5.95. The molecule has 0 atom stereocenters. The number of aromatic nitrogens is 2. The number of ketones is 1. The second-order valence-corrected chi connectivity index (χ2v) is 5.95. The molecule has 6 nitrogen and oxygen atoms in total. The highest BCUT2D eigenvalue weighted by Crippen LogP contribution is 2.22. The largest absolute Gasteiger partial charge is 0.352 e. The van der Waals surface area contributed by atoms with Crippen molar-refractivity contribution in [2.45, 2.75) is 19.8 Å². The van der Waals surface area contributed by atoms with Crippen molar-refractivity contribution in [2.24, 2.45) is 7.05 Å². The molecule has 0 radical (unpaired) electrons. The highest BCUT2D eigenvalue weighted by molar-refractivity contribution is 6.01. The van der Waals surface area contributed by atoms with Crippen molar-refractivity contribution >= 4 is 11.5 Å². The first-order chi connectivity index (χ1) is 12.0. The van der Waals surface area contributed by atoms with Crippen LogP contribution in [0.1, 0.15) is 18.5 Å². The highest BCUT2D eigenvalue weighted by atomic mass is 16.1.